The normalized spacial score (nSPS) is 12.6. The molecule has 4 rings (SSSR count). The van der Waals surface area contributed by atoms with Crippen LogP contribution in [-0.2, 0) is 11.3 Å². The second-order valence-electron chi connectivity index (χ2n) is 7.13. The fraction of sp³-hybridized carbons (Fsp3) is 0.200. The number of nitrogens with zero attached hydrogens (tertiary/aromatic N) is 2. The lowest BCUT2D eigenvalue weighted by atomic mass is 10.2. The SMILES string of the molecule is O=C(CCn1ccccc1=O)N(C/C=C/c1ccccc1)c1ccc2c(c1)OCCO2. The summed E-state index contributed by atoms with van der Waals surface area (Å²) in [6.45, 7) is 1.72. The molecule has 0 unspecified atom stereocenters. The van der Waals surface area contributed by atoms with E-state index in [1.54, 1.807) is 27.8 Å². The summed E-state index contributed by atoms with van der Waals surface area (Å²) in [5, 5.41) is 0. The van der Waals surface area contributed by atoms with Crippen LogP contribution in [-0.4, -0.2) is 30.2 Å². The number of ether oxygens (including phenoxy) is 2. The van der Waals surface area contributed by atoms with Crippen molar-refractivity contribution in [1.82, 2.24) is 4.57 Å². The standard InChI is InChI=1S/C25H24N2O4/c28-24-10-4-5-14-26(24)16-13-25(29)27(15-6-9-20-7-2-1-3-8-20)21-11-12-22-23(19-21)31-18-17-30-22/h1-12,14,19H,13,15-18H2/b9-6+. The number of rotatable bonds is 7. The highest BCUT2D eigenvalue weighted by molar-refractivity contribution is 5.94. The number of aromatic nitrogens is 1. The topological polar surface area (TPSA) is 60.8 Å². The highest BCUT2D eigenvalue weighted by Crippen LogP contribution is 2.34. The van der Waals surface area contributed by atoms with Gasteiger partial charge in [0.05, 0.1) is 0 Å². The molecule has 6 heteroatoms. The van der Waals surface area contributed by atoms with Gasteiger partial charge in [0, 0.05) is 43.5 Å². The van der Waals surface area contributed by atoms with E-state index in [0.29, 0.717) is 37.8 Å². The van der Waals surface area contributed by atoms with E-state index >= 15 is 0 Å². The number of amides is 1. The van der Waals surface area contributed by atoms with Crippen molar-refractivity contribution >= 4 is 17.7 Å². The van der Waals surface area contributed by atoms with E-state index in [1.807, 2.05) is 60.7 Å². The van der Waals surface area contributed by atoms with E-state index < -0.39 is 0 Å². The number of aryl methyl sites for hydroxylation is 1. The molecule has 31 heavy (non-hydrogen) atoms. The van der Waals surface area contributed by atoms with E-state index in [9.17, 15) is 9.59 Å². The van der Waals surface area contributed by atoms with Gasteiger partial charge in [-0.2, -0.15) is 0 Å². The monoisotopic (exact) mass is 416 g/mol. The second-order valence-corrected chi connectivity index (χ2v) is 7.13. The Bertz CT molecular complexity index is 1120. The number of carbonyl (C=O) groups is 1. The van der Waals surface area contributed by atoms with Gasteiger partial charge in [-0.05, 0) is 23.8 Å². The zero-order valence-electron chi connectivity index (χ0n) is 17.1. The van der Waals surface area contributed by atoms with Gasteiger partial charge in [0.1, 0.15) is 13.2 Å². The minimum absolute atomic E-state index is 0.0786. The zero-order valence-corrected chi connectivity index (χ0v) is 17.1. The molecule has 3 aromatic rings. The number of pyridine rings is 1. The number of benzene rings is 2. The molecule has 2 heterocycles. The van der Waals surface area contributed by atoms with Crippen LogP contribution in [0.15, 0.2) is 83.8 Å². The van der Waals surface area contributed by atoms with Gasteiger partial charge in [0.25, 0.3) is 5.56 Å². The number of hydrogen-bond donors (Lipinski definition) is 0. The molecule has 0 fully saturated rings. The summed E-state index contributed by atoms with van der Waals surface area (Å²) < 4.78 is 12.8. The summed E-state index contributed by atoms with van der Waals surface area (Å²) in [6, 6.07) is 20.4. The van der Waals surface area contributed by atoms with Gasteiger partial charge in [-0.1, -0.05) is 48.6 Å². The summed E-state index contributed by atoms with van der Waals surface area (Å²) in [5.41, 5.74) is 1.67. The Kier molecular flexibility index (Phi) is 6.47. The molecule has 1 aliphatic rings. The first-order valence-electron chi connectivity index (χ1n) is 10.3. The largest absolute Gasteiger partial charge is 0.486 e. The van der Waals surface area contributed by atoms with Crippen LogP contribution in [0.3, 0.4) is 0 Å². The molecule has 6 nitrogen and oxygen atoms in total. The molecular weight excluding hydrogens is 392 g/mol. The average molecular weight is 416 g/mol. The predicted molar refractivity (Wildman–Crippen MR) is 121 cm³/mol. The molecule has 0 aliphatic carbocycles. The van der Waals surface area contributed by atoms with E-state index in [0.717, 1.165) is 11.3 Å². The summed E-state index contributed by atoms with van der Waals surface area (Å²) in [4.78, 5) is 26.8. The summed E-state index contributed by atoms with van der Waals surface area (Å²) >= 11 is 0. The molecule has 0 N–H and O–H groups in total. The summed E-state index contributed by atoms with van der Waals surface area (Å²) in [7, 11) is 0. The van der Waals surface area contributed by atoms with Crippen molar-refractivity contribution in [2.75, 3.05) is 24.7 Å². The molecule has 1 amide bonds. The van der Waals surface area contributed by atoms with Gasteiger partial charge in [-0.15, -0.1) is 0 Å². The van der Waals surface area contributed by atoms with E-state index in [4.69, 9.17) is 9.47 Å². The zero-order chi connectivity index (χ0) is 21.5. The Balaban J connectivity index is 1.54. The maximum Gasteiger partial charge on any atom is 0.250 e. The molecule has 1 aromatic heterocycles. The third-order valence-corrected chi connectivity index (χ3v) is 5.00. The van der Waals surface area contributed by atoms with E-state index in [2.05, 4.69) is 0 Å². The van der Waals surface area contributed by atoms with Crippen LogP contribution in [0.4, 0.5) is 5.69 Å². The Morgan fingerprint density at radius 1 is 0.968 bits per heavy atom. The molecule has 0 atom stereocenters. The Hall–Kier alpha value is -3.80. The van der Waals surface area contributed by atoms with Crippen molar-refractivity contribution in [3.63, 3.8) is 0 Å². The summed E-state index contributed by atoms with van der Waals surface area (Å²) in [6.07, 6.45) is 5.84. The quantitative estimate of drug-likeness (QED) is 0.589. The molecule has 0 saturated carbocycles. The van der Waals surface area contributed by atoms with Crippen molar-refractivity contribution in [2.45, 2.75) is 13.0 Å². The number of hydrogen-bond acceptors (Lipinski definition) is 4. The maximum absolute atomic E-state index is 13.1. The van der Waals surface area contributed by atoms with Crippen LogP contribution >= 0.6 is 0 Å². The minimum Gasteiger partial charge on any atom is -0.486 e. The van der Waals surface area contributed by atoms with Crippen LogP contribution < -0.4 is 19.9 Å². The molecule has 1 aliphatic heterocycles. The van der Waals surface area contributed by atoms with Gasteiger partial charge in [0.2, 0.25) is 5.91 Å². The molecule has 2 aromatic carbocycles. The molecule has 0 radical (unpaired) electrons. The molecule has 0 bridgehead atoms. The minimum atomic E-state index is -0.120. The van der Waals surface area contributed by atoms with Gasteiger partial charge in [-0.25, -0.2) is 0 Å². The lowest BCUT2D eigenvalue weighted by Gasteiger charge is -2.25. The van der Waals surface area contributed by atoms with Gasteiger partial charge < -0.3 is 18.9 Å². The first-order valence-corrected chi connectivity index (χ1v) is 10.3. The van der Waals surface area contributed by atoms with E-state index in [-0.39, 0.29) is 17.9 Å². The highest BCUT2D eigenvalue weighted by Gasteiger charge is 2.19. The second kappa shape index (κ2) is 9.80. The lowest BCUT2D eigenvalue weighted by molar-refractivity contribution is -0.118. The molecule has 0 spiro atoms. The highest BCUT2D eigenvalue weighted by atomic mass is 16.6. The van der Waals surface area contributed by atoms with Crippen molar-refractivity contribution in [3.05, 3.63) is 94.9 Å². The average Bonchev–Trinajstić information content (AvgIpc) is 2.81. The van der Waals surface area contributed by atoms with Gasteiger partial charge >= 0.3 is 0 Å². The van der Waals surface area contributed by atoms with Crippen LogP contribution in [0.5, 0.6) is 11.5 Å². The van der Waals surface area contributed by atoms with Crippen molar-refractivity contribution in [3.8, 4) is 11.5 Å². The fourth-order valence-corrected chi connectivity index (χ4v) is 3.41. The fourth-order valence-electron chi connectivity index (χ4n) is 3.41. The Labute approximate surface area is 181 Å². The molecule has 158 valence electrons. The number of anilines is 1. The van der Waals surface area contributed by atoms with Crippen molar-refractivity contribution in [1.29, 1.82) is 0 Å². The van der Waals surface area contributed by atoms with Crippen LogP contribution in [0.25, 0.3) is 6.08 Å². The van der Waals surface area contributed by atoms with Crippen LogP contribution in [0, 0.1) is 0 Å². The Morgan fingerprint density at radius 3 is 2.55 bits per heavy atom. The first-order chi connectivity index (χ1) is 15.2. The molecular formula is C25H24N2O4. The number of fused-ring (bicyclic) bond motifs is 1. The van der Waals surface area contributed by atoms with Gasteiger partial charge in [0.15, 0.2) is 11.5 Å². The van der Waals surface area contributed by atoms with Gasteiger partial charge in [-0.3, -0.25) is 9.59 Å². The van der Waals surface area contributed by atoms with Crippen molar-refractivity contribution < 1.29 is 14.3 Å². The Morgan fingerprint density at radius 2 is 1.74 bits per heavy atom. The molecule has 0 saturated heterocycles. The first kappa shape index (κ1) is 20.5. The summed E-state index contributed by atoms with van der Waals surface area (Å²) in [5.74, 6) is 1.23. The van der Waals surface area contributed by atoms with Crippen LogP contribution in [0.2, 0.25) is 0 Å². The maximum atomic E-state index is 13.1. The number of carbonyl (C=O) groups excluding carboxylic acids is 1. The third kappa shape index (κ3) is 5.22. The van der Waals surface area contributed by atoms with E-state index in [1.165, 1.54) is 6.07 Å². The third-order valence-electron chi connectivity index (χ3n) is 5.00. The van der Waals surface area contributed by atoms with Crippen LogP contribution in [0.1, 0.15) is 12.0 Å². The predicted octanol–water partition coefficient (Wildman–Crippen LogP) is 3.76. The lowest BCUT2D eigenvalue weighted by Crippen LogP contribution is -2.33. The smallest absolute Gasteiger partial charge is 0.250 e. The van der Waals surface area contributed by atoms with Crippen molar-refractivity contribution in [2.24, 2.45) is 0 Å².